The summed E-state index contributed by atoms with van der Waals surface area (Å²) in [5, 5.41) is 0.679. The van der Waals surface area contributed by atoms with Crippen LogP contribution >= 0.6 is 0 Å². The van der Waals surface area contributed by atoms with Crippen LogP contribution in [-0.4, -0.2) is 35.6 Å². The van der Waals surface area contributed by atoms with E-state index in [9.17, 15) is 4.79 Å². The molecule has 0 atom stereocenters. The van der Waals surface area contributed by atoms with E-state index < -0.39 is 0 Å². The Balaban J connectivity index is 2.22. The normalized spacial score (nSPS) is 14.9. The monoisotopic (exact) mass is 289 g/mol. The molecule has 3 rings (SSSR count). The average Bonchev–Trinajstić information content (AvgIpc) is 3.04. The van der Waals surface area contributed by atoms with Crippen LogP contribution in [0.15, 0.2) is 4.42 Å². The molecule has 21 heavy (non-hydrogen) atoms. The van der Waals surface area contributed by atoms with E-state index >= 15 is 0 Å². The molecular formula is C15H19N3O3. The molecule has 1 aliphatic rings. The Bertz CT molecular complexity index is 687. The Labute approximate surface area is 123 Å². The molecule has 0 radical (unpaired) electrons. The van der Waals surface area contributed by atoms with Gasteiger partial charge in [0.05, 0.1) is 12.0 Å². The van der Waals surface area contributed by atoms with Gasteiger partial charge in [-0.05, 0) is 33.6 Å². The summed E-state index contributed by atoms with van der Waals surface area (Å²) in [5.41, 5.74) is 0.915. The lowest BCUT2D eigenvalue weighted by atomic mass is 10.1. The molecule has 1 aliphatic heterocycles. The first-order valence-corrected chi connectivity index (χ1v) is 7.31. The minimum Gasteiger partial charge on any atom is -0.462 e. The van der Waals surface area contributed by atoms with E-state index in [2.05, 4.69) is 14.9 Å². The minimum atomic E-state index is -0.373. The number of fused-ring (bicyclic) bond motifs is 1. The van der Waals surface area contributed by atoms with E-state index in [1.807, 2.05) is 6.92 Å². The summed E-state index contributed by atoms with van der Waals surface area (Å²) in [6.07, 6.45) is 2.27. The molecular weight excluding hydrogens is 270 g/mol. The Morgan fingerprint density at radius 3 is 2.67 bits per heavy atom. The van der Waals surface area contributed by atoms with Crippen molar-refractivity contribution < 1.29 is 13.9 Å². The van der Waals surface area contributed by atoms with Gasteiger partial charge < -0.3 is 14.1 Å². The lowest BCUT2D eigenvalue weighted by Crippen LogP contribution is -2.20. The van der Waals surface area contributed by atoms with Crippen LogP contribution in [0.3, 0.4) is 0 Å². The largest absolute Gasteiger partial charge is 0.462 e. The second-order valence-corrected chi connectivity index (χ2v) is 5.22. The highest BCUT2D eigenvalue weighted by molar-refractivity contribution is 6.08. The number of esters is 1. The smallest absolute Gasteiger partial charge is 0.342 e. The van der Waals surface area contributed by atoms with Gasteiger partial charge in [0.1, 0.15) is 23.0 Å². The molecule has 0 unspecified atom stereocenters. The van der Waals surface area contributed by atoms with E-state index in [1.54, 1.807) is 13.8 Å². The van der Waals surface area contributed by atoms with Crippen molar-refractivity contribution in [1.29, 1.82) is 0 Å². The van der Waals surface area contributed by atoms with Crippen molar-refractivity contribution in [2.75, 3.05) is 24.6 Å². The lowest BCUT2D eigenvalue weighted by molar-refractivity contribution is 0.0526. The van der Waals surface area contributed by atoms with Gasteiger partial charge in [-0.25, -0.2) is 9.78 Å². The summed E-state index contributed by atoms with van der Waals surface area (Å²) < 4.78 is 10.8. The number of anilines is 1. The summed E-state index contributed by atoms with van der Waals surface area (Å²) in [6.45, 7) is 7.60. The predicted molar refractivity (Wildman–Crippen MR) is 78.7 cm³/mol. The molecule has 6 nitrogen and oxygen atoms in total. The fourth-order valence-corrected chi connectivity index (χ4v) is 2.80. The van der Waals surface area contributed by atoms with E-state index in [-0.39, 0.29) is 5.97 Å². The molecule has 0 aromatic carbocycles. The van der Waals surface area contributed by atoms with Gasteiger partial charge in [-0.3, -0.25) is 0 Å². The van der Waals surface area contributed by atoms with E-state index in [4.69, 9.17) is 9.15 Å². The highest BCUT2D eigenvalue weighted by Crippen LogP contribution is 2.33. The zero-order valence-corrected chi connectivity index (χ0v) is 12.6. The lowest BCUT2D eigenvalue weighted by Gasteiger charge is -2.17. The van der Waals surface area contributed by atoms with Gasteiger partial charge in [-0.2, -0.15) is 4.98 Å². The molecule has 2 aromatic heterocycles. The van der Waals surface area contributed by atoms with Crippen molar-refractivity contribution >= 4 is 22.9 Å². The van der Waals surface area contributed by atoms with Crippen LogP contribution < -0.4 is 4.90 Å². The first-order valence-electron chi connectivity index (χ1n) is 7.31. The molecule has 0 saturated carbocycles. The minimum absolute atomic E-state index is 0.330. The molecule has 0 spiro atoms. The number of ether oxygens (including phenoxy) is 1. The highest BCUT2D eigenvalue weighted by Gasteiger charge is 2.27. The summed E-state index contributed by atoms with van der Waals surface area (Å²) >= 11 is 0. The van der Waals surface area contributed by atoms with Gasteiger partial charge in [0.15, 0.2) is 0 Å². The topological polar surface area (TPSA) is 68.5 Å². The van der Waals surface area contributed by atoms with Gasteiger partial charge >= 0.3 is 5.97 Å². The molecule has 112 valence electrons. The average molecular weight is 289 g/mol. The van der Waals surface area contributed by atoms with Crippen LogP contribution in [0.1, 0.15) is 41.7 Å². The number of hydrogen-bond acceptors (Lipinski definition) is 6. The number of carbonyl (C=O) groups excluding carboxylic acids is 1. The van der Waals surface area contributed by atoms with Gasteiger partial charge in [0.2, 0.25) is 5.71 Å². The van der Waals surface area contributed by atoms with Crippen molar-refractivity contribution in [3.63, 3.8) is 0 Å². The quantitative estimate of drug-likeness (QED) is 0.809. The molecule has 0 amide bonds. The molecule has 0 bridgehead atoms. The van der Waals surface area contributed by atoms with Crippen molar-refractivity contribution in [1.82, 2.24) is 9.97 Å². The van der Waals surface area contributed by atoms with Crippen LogP contribution in [0.2, 0.25) is 0 Å². The van der Waals surface area contributed by atoms with Crippen molar-refractivity contribution in [2.24, 2.45) is 0 Å². The number of carbonyl (C=O) groups is 1. The molecule has 2 aromatic rings. The molecule has 1 saturated heterocycles. The zero-order valence-electron chi connectivity index (χ0n) is 12.6. The fraction of sp³-hybridized carbons (Fsp3) is 0.533. The Hall–Kier alpha value is -2.11. The van der Waals surface area contributed by atoms with E-state index in [1.165, 1.54) is 0 Å². The third-order valence-corrected chi connectivity index (χ3v) is 3.71. The van der Waals surface area contributed by atoms with Crippen LogP contribution in [0, 0.1) is 13.8 Å². The summed E-state index contributed by atoms with van der Waals surface area (Å²) in [6, 6.07) is 0. The zero-order chi connectivity index (χ0) is 15.0. The maximum Gasteiger partial charge on any atom is 0.342 e. The first kappa shape index (κ1) is 13.9. The van der Waals surface area contributed by atoms with Gasteiger partial charge in [0.25, 0.3) is 0 Å². The molecule has 0 aliphatic carbocycles. The van der Waals surface area contributed by atoms with Crippen LogP contribution in [-0.2, 0) is 4.74 Å². The van der Waals surface area contributed by atoms with Crippen molar-refractivity contribution in [2.45, 2.75) is 33.6 Å². The standard InChI is InChI=1S/C15H19N3O3/c1-4-20-15(19)11-9(2)21-14-12(11)13(16-10(3)17-14)18-7-5-6-8-18/h4-8H2,1-3H3. The van der Waals surface area contributed by atoms with Crippen molar-refractivity contribution in [3.05, 3.63) is 17.1 Å². The number of aryl methyl sites for hydroxylation is 2. The summed E-state index contributed by atoms with van der Waals surface area (Å²) in [4.78, 5) is 23.3. The SMILES string of the molecule is CCOC(=O)c1c(C)oc2nc(C)nc(N3CCCC3)c12. The maximum absolute atomic E-state index is 12.2. The van der Waals surface area contributed by atoms with Crippen LogP contribution in [0.4, 0.5) is 5.82 Å². The summed E-state index contributed by atoms with van der Waals surface area (Å²) in [5.74, 6) is 1.59. The number of hydrogen-bond donors (Lipinski definition) is 0. The number of aromatic nitrogens is 2. The Morgan fingerprint density at radius 2 is 2.00 bits per heavy atom. The van der Waals surface area contributed by atoms with Crippen LogP contribution in [0.5, 0.6) is 0 Å². The first-order chi connectivity index (χ1) is 10.1. The third-order valence-electron chi connectivity index (χ3n) is 3.71. The highest BCUT2D eigenvalue weighted by atomic mass is 16.5. The number of furan rings is 1. The van der Waals surface area contributed by atoms with E-state index in [0.29, 0.717) is 34.9 Å². The Kier molecular flexibility index (Phi) is 3.53. The fourth-order valence-electron chi connectivity index (χ4n) is 2.80. The predicted octanol–water partition coefficient (Wildman–Crippen LogP) is 2.62. The Morgan fingerprint density at radius 1 is 1.29 bits per heavy atom. The second kappa shape index (κ2) is 5.35. The summed E-state index contributed by atoms with van der Waals surface area (Å²) in [7, 11) is 0. The number of rotatable bonds is 3. The van der Waals surface area contributed by atoms with Crippen molar-refractivity contribution in [3.8, 4) is 0 Å². The van der Waals surface area contributed by atoms with Gasteiger partial charge in [-0.15, -0.1) is 0 Å². The molecule has 0 N–H and O–H groups in total. The van der Waals surface area contributed by atoms with Crippen LogP contribution in [0.25, 0.3) is 11.1 Å². The van der Waals surface area contributed by atoms with E-state index in [0.717, 1.165) is 31.7 Å². The van der Waals surface area contributed by atoms with Gasteiger partial charge in [0, 0.05) is 13.1 Å². The molecule has 1 fully saturated rings. The molecule has 3 heterocycles. The molecule has 6 heteroatoms. The second-order valence-electron chi connectivity index (χ2n) is 5.22. The maximum atomic E-state index is 12.2. The third kappa shape index (κ3) is 2.34. The van der Waals surface area contributed by atoms with Gasteiger partial charge in [-0.1, -0.05) is 0 Å². The number of nitrogens with zero attached hydrogens (tertiary/aromatic N) is 3.